The molecular weight excluding hydrogens is 206 g/mol. The van der Waals surface area contributed by atoms with E-state index < -0.39 is 0 Å². The van der Waals surface area contributed by atoms with Crippen LogP contribution in [0, 0.1) is 5.92 Å². The van der Waals surface area contributed by atoms with Crippen LogP contribution >= 0.6 is 0 Å². The molecule has 2 unspecified atom stereocenters. The molecule has 1 aromatic heterocycles. The topological polar surface area (TPSA) is 64.9 Å². The zero-order valence-electron chi connectivity index (χ0n) is 9.89. The van der Waals surface area contributed by atoms with Gasteiger partial charge in [-0.2, -0.15) is 0 Å². The van der Waals surface area contributed by atoms with Crippen LogP contribution in [0.2, 0.25) is 0 Å². The zero-order chi connectivity index (χ0) is 11.4. The quantitative estimate of drug-likeness (QED) is 0.776. The van der Waals surface area contributed by atoms with Gasteiger partial charge in [0.25, 0.3) is 0 Å². The second-order valence-corrected chi connectivity index (χ2v) is 4.17. The van der Waals surface area contributed by atoms with Crippen molar-refractivity contribution >= 4 is 0 Å². The van der Waals surface area contributed by atoms with Gasteiger partial charge in [-0.15, -0.1) is 5.10 Å². The Kier molecular flexibility index (Phi) is 3.84. The fourth-order valence-corrected chi connectivity index (χ4v) is 2.22. The highest BCUT2D eigenvalue weighted by molar-refractivity contribution is 4.83. The molecule has 0 spiro atoms. The normalized spacial score (nSPS) is 25.1. The van der Waals surface area contributed by atoms with E-state index in [1.165, 1.54) is 0 Å². The van der Waals surface area contributed by atoms with E-state index >= 15 is 0 Å². The van der Waals surface area contributed by atoms with E-state index in [2.05, 4.69) is 27.8 Å². The first kappa shape index (κ1) is 11.5. The summed E-state index contributed by atoms with van der Waals surface area (Å²) in [6.07, 6.45) is 2.54. The average molecular weight is 225 g/mol. The van der Waals surface area contributed by atoms with Gasteiger partial charge in [0.1, 0.15) is 0 Å². The Balaban J connectivity index is 1.99. The van der Waals surface area contributed by atoms with Crippen LogP contribution in [0.3, 0.4) is 0 Å². The molecule has 6 nitrogen and oxygen atoms in total. The minimum Gasteiger partial charge on any atom is -0.378 e. The summed E-state index contributed by atoms with van der Waals surface area (Å²) in [5.74, 6) is 1.44. The number of nitrogens with zero attached hydrogens (tertiary/aromatic N) is 4. The van der Waals surface area contributed by atoms with E-state index in [0.29, 0.717) is 18.6 Å². The Labute approximate surface area is 95.4 Å². The highest BCUT2D eigenvalue weighted by Crippen LogP contribution is 2.24. The van der Waals surface area contributed by atoms with Gasteiger partial charge < -0.3 is 10.1 Å². The molecule has 1 N–H and O–H groups in total. The predicted molar refractivity (Wildman–Crippen MR) is 58.7 cm³/mol. The number of aromatic nitrogens is 4. The van der Waals surface area contributed by atoms with Gasteiger partial charge in [-0.05, 0) is 30.3 Å². The summed E-state index contributed by atoms with van der Waals surface area (Å²) in [5, 5.41) is 14.8. The molecule has 1 aliphatic rings. The Bertz CT molecular complexity index is 327. The molecule has 0 bridgehead atoms. The van der Waals surface area contributed by atoms with E-state index in [1.54, 1.807) is 0 Å². The molecule has 2 rings (SSSR count). The lowest BCUT2D eigenvalue weighted by Crippen LogP contribution is -2.23. The van der Waals surface area contributed by atoms with Crippen molar-refractivity contribution in [3.63, 3.8) is 0 Å². The molecule has 2 atom stereocenters. The maximum Gasteiger partial charge on any atom is 0.165 e. The van der Waals surface area contributed by atoms with Crippen molar-refractivity contribution < 1.29 is 4.74 Å². The number of hydrogen-bond acceptors (Lipinski definition) is 5. The Morgan fingerprint density at radius 2 is 2.44 bits per heavy atom. The van der Waals surface area contributed by atoms with Crippen LogP contribution in [0.25, 0.3) is 0 Å². The molecule has 0 aliphatic carbocycles. The summed E-state index contributed by atoms with van der Waals surface area (Å²) in [6.45, 7) is 4.60. The molecule has 0 aromatic carbocycles. The van der Waals surface area contributed by atoms with E-state index in [4.69, 9.17) is 4.74 Å². The summed E-state index contributed by atoms with van der Waals surface area (Å²) in [5.41, 5.74) is 0. The van der Waals surface area contributed by atoms with Gasteiger partial charge in [-0.1, -0.05) is 6.92 Å². The lowest BCUT2D eigenvalue weighted by molar-refractivity contribution is 0.0821. The number of nitrogens with one attached hydrogen (secondary N) is 1. The van der Waals surface area contributed by atoms with Crippen molar-refractivity contribution in [2.24, 2.45) is 5.92 Å². The molecule has 1 aromatic rings. The number of hydrogen-bond donors (Lipinski definition) is 1. The van der Waals surface area contributed by atoms with E-state index in [-0.39, 0.29) is 0 Å². The van der Waals surface area contributed by atoms with E-state index in [1.807, 2.05) is 11.7 Å². The molecule has 1 saturated heterocycles. The number of tetrazole rings is 1. The third kappa shape index (κ3) is 2.38. The molecular formula is C10H19N5O. The maximum atomic E-state index is 5.67. The SMILES string of the molecule is CCC1OCCC1Cn1nnnc1CNC. The maximum absolute atomic E-state index is 5.67. The van der Waals surface area contributed by atoms with Crippen molar-refractivity contribution in [1.29, 1.82) is 0 Å². The molecule has 90 valence electrons. The highest BCUT2D eigenvalue weighted by Gasteiger charge is 2.27. The number of ether oxygens (including phenoxy) is 1. The first-order valence-corrected chi connectivity index (χ1v) is 5.86. The second kappa shape index (κ2) is 5.36. The first-order chi connectivity index (χ1) is 7.85. The van der Waals surface area contributed by atoms with Crippen LogP contribution in [0.1, 0.15) is 25.6 Å². The second-order valence-electron chi connectivity index (χ2n) is 4.17. The lowest BCUT2D eigenvalue weighted by Gasteiger charge is -2.16. The highest BCUT2D eigenvalue weighted by atomic mass is 16.5. The molecule has 6 heteroatoms. The molecule has 0 saturated carbocycles. The summed E-state index contributed by atoms with van der Waals surface area (Å²) < 4.78 is 7.55. The largest absolute Gasteiger partial charge is 0.378 e. The Morgan fingerprint density at radius 3 is 3.19 bits per heavy atom. The van der Waals surface area contributed by atoms with E-state index in [0.717, 1.165) is 31.8 Å². The minimum absolute atomic E-state index is 0.367. The smallest absolute Gasteiger partial charge is 0.165 e. The fraction of sp³-hybridized carbons (Fsp3) is 0.900. The standard InChI is InChI=1S/C10H19N5O/c1-3-9-8(4-5-16-9)7-15-10(6-11-2)12-13-14-15/h8-9,11H,3-7H2,1-2H3. The Hall–Kier alpha value is -1.01. The van der Waals surface area contributed by atoms with Crippen LogP contribution in [-0.2, 0) is 17.8 Å². The van der Waals surface area contributed by atoms with Crippen LogP contribution < -0.4 is 5.32 Å². The van der Waals surface area contributed by atoms with Crippen LogP contribution in [0.4, 0.5) is 0 Å². The van der Waals surface area contributed by atoms with Crippen molar-refractivity contribution in [2.45, 2.75) is 39.0 Å². The molecule has 0 radical (unpaired) electrons. The monoisotopic (exact) mass is 225 g/mol. The van der Waals surface area contributed by atoms with Crippen molar-refractivity contribution in [1.82, 2.24) is 25.5 Å². The minimum atomic E-state index is 0.367. The lowest BCUT2D eigenvalue weighted by atomic mass is 10.00. The average Bonchev–Trinajstić information content (AvgIpc) is 2.89. The summed E-state index contributed by atoms with van der Waals surface area (Å²) >= 11 is 0. The first-order valence-electron chi connectivity index (χ1n) is 5.86. The number of rotatable bonds is 5. The molecule has 1 aliphatic heterocycles. The van der Waals surface area contributed by atoms with Gasteiger partial charge in [0, 0.05) is 12.5 Å². The van der Waals surface area contributed by atoms with Crippen molar-refractivity contribution in [2.75, 3.05) is 13.7 Å². The molecule has 0 amide bonds. The third-order valence-electron chi connectivity index (χ3n) is 3.10. The molecule has 16 heavy (non-hydrogen) atoms. The summed E-state index contributed by atoms with van der Waals surface area (Å²) in [7, 11) is 1.90. The fourth-order valence-electron chi connectivity index (χ4n) is 2.22. The summed E-state index contributed by atoms with van der Waals surface area (Å²) in [4.78, 5) is 0. The van der Waals surface area contributed by atoms with Gasteiger partial charge in [-0.3, -0.25) is 0 Å². The van der Waals surface area contributed by atoms with Crippen molar-refractivity contribution in [3.05, 3.63) is 5.82 Å². The molecule has 2 heterocycles. The predicted octanol–water partition coefficient (Wildman–Crippen LogP) is 0.208. The third-order valence-corrected chi connectivity index (χ3v) is 3.10. The van der Waals surface area contributed by atoms with Crippen molar-refractivity contribution in [3.8, 4) is 0 Å². The van der Waals surface area contributed by atoms with Crippen LogP contribution in [-0.4, -0.2) is 40.0 Å². The molecule has 1 fully saturated rings. The zero-order valence-corrected chi connectivity index (χ0v) is 9.89. The van der Waals surface area contributed by atoms with Gasteiger partial charge >= 0.3 is 0 Å². The Morgan fingerprint density at radius 1 is 1.56 bits per heavy atom. The summed E-state index contributed by atoms with van der Waals surface area (Å²) in [6, 6.07) is 0. The van der Waals surface area contributed by atoms with Gasteiger partial charge in [0.05, 0.1) is 19.2 Å². The van der Waals surface area contributed by atoms with Gasteiger partial charge in [0.2, 0.25) is 0 Å². The van der Waals surface area contributed by atoms with Crippen LogP contribution in [0.15, 0.2) is 0 Å². The van der Waals surface area contributed by atoms with Gasteiger partial charge in [-0.25, -0.2) is 4.68 Å². The van der Waals surface area contributed by atoms with Crippen LogP contribution in [0.5, 0.6) is 0 Å². The van der Waals surface area contributed by atoms with Gasteiger partial charge in [0.15, 0.2) is 5.82 Å². The van der Waals surface area contributed by atoms with E-state index in [9.17, 15) is 0 Å².